The number of aliphatic hydroxyl groups excluding tert-OH is 1. The molecule has 3 atom stereocenters. The van der Waals surface area contributed by atoms with Crippen molar-refractivity contribution in [3.63, 3.8) is 0 Å². The molecule has 3 rings (SSSR count). The maximum Gasteiger partial charge on any atom is 0.273 e. The van der Waals surface area contributed by atoms with E-state index in [9.17, 15) is 9.90 Å². The van der Waals surface area contributed by atoms with Crippen LogP contribution in [0.4, 0.5) is 0 Å². The van der Waals surface area contributed by atoms with Gasteiger partial charge >= 0.3 is 0 Å². The van der Waals surface area contributed by atoms with Gasteiger partial charge in [0.1, 0.15) is 23.7 Å². The Morgan fingerprint density at radius 3 is 2.83 bits per heavy atom. The number of aryl methyl sites for hydroxylation is 1. The Morgan fingerprint density at radius 2 is 2.13 bits per heavy atom. The number of hydrogen-bond donors (Lipinski definition) is 2. The summed E-state index contributed by atoms with van der Waals surface area (Å²) in [5, 5.41) is 17.0. The number of benzene rings is 1. The topological polar surface area (TPSA) is 84.6 Å². The van der Waals surface area contributed by atoms with E-state index in [2.05, 4.69) is 10.5 Å². The summed E-state index contributed by atoms with van der Waals surface area (Å²) < 4.78 is 10.8. The lowest BCUT2D eigenvalue weighted by molar-refractivity contribution is -0.0141. The van der Waals surface area contributed by atoms with Crippen molar-refractivity contribution in [3.8, 4) is 5.75 Å². The zero-order valence-electron chi connectivity index (χ0n) is 12.9. The van der Waals surface area contributed by atoms with Crippen LogP contribution in [0.1, 0.15) is 35.5 Å². The van der Waals surface area contributed by atoms with Crippen molar-refractivity contribution in [1.82, 2.24) is 10.5 Å². The lowest BCUT2D eigenvalue weighted by atomic mass is 9.89. The highest BCUT2D eigenvalue weighted by Crippen LogP contribution is 2.24. The van der Waals surface area contributed by atoms with Crippen LogP contribution in [0.2, 0.25) is 0 Å². The quantitative estimate of drug-likeness (QED) is 0.902. The fourth-order valence-electron chi connectivity index (χ4n) is 2.82. The molecule has 122 valence electrons. The van der Waals surface area contributed by atoms with Crippen molar-refractivity contribution in [2.45, 2.75) is 44.4 Å². The van der Waals surface area contributed by atoms with Crippen LogP contribution >= 0.6 is 0 Å². The van der Waals surface area contributed by atoms with Crippen LogP contribution in [-0.4, -0.2) is 34.4 Å². The Kier molecular flexibility index (Phi) is 4.62. The summed E-state index contributed by atoms with van der Waals surface area (Å²) in [7, 11) is 0. The summed E-state index contributed by atoms with van der Waals surface area (Å²) in [6.07, 6.45) is 1.23. The molecule has 6 heteroatoms. The van der Waals surface area contributed by atoms with E-state index in [1.165, 1.54) is 0 Å². The number of aliphatic hydroxyl groups is 1. The molecule has 0 unspecified atom stereocenters. The minimum Gasteiger partial charge on any atom is -0.488 e. The monoisotopic (exact) mass is 316 g/mol. The van der Waals surface area contributed by atoms with Crippen molar-refractivity contribution in [2.24, 2.45) is 0 Å². The summed E-state index contributed by atoms with van der Waals surface area (Å²) in [4.78, 5) is 12.2. The molecule has 0 aliphatic heterocycles. The van der Waals surface area contributed by atoms with Crippen LogP contribution in [0, 0.1) is 6.92 Å². The highest BCUT2D eigenvalue weighted by molar-refractivity contribution is 5.92. The normalized spacial score (nSPS) is 24.2. The molecule has 0 bridgehead atoms. The number of nitrogens with zero attached hydrogens (tertiary/aromatic N) is 1. The summed E-state index contributed by atoms with van der Waals surface area (Å²) in [6, 6.07) is 10.6. The molecule has 1 aliphatic carbocycles. The number of rotatable bonds is 4. The van der Waals surface area contributed by atoms with E-state index in [0.717, 1.165) is 18.6 Å². The second-order valence-electron chi connectivity index (χ2n) is 5.79. The van der Waals surface area contributed by atoms with Gasteiger partial charge in [0.2, 0.25) is 0 Å². The van der Waals surface area contributed by atoms with Gasteiger partial charge in [0.05, 0.1) is 6.04 Å². The molecule has 23 heavy (non-hydrogen) atoms. The predicted octanol–water partition coefficient (Wildman–Crippen LogP) is 2.07. The largest absolute Gasteiger partial charge is 0.488 e. The summed E-state index contributed by atoms with van der Waals surface area (Å²) >= 11 is 0. The number of hydrogen-bond acceptors (Lipinski definition) is 5. The fourth-order valence-corrected chi connectivity index (χ4v) is 2.82. The number of aromatic nitrogens is 1. The van der Waals surface area contributed by atoms with E-state index in [1.807, 2.05) is 30.3 Å². The smallest absolute Gasteiger partial charge is 0.273 e. The highest BCUT2D eigenvalue weighted by atomic mass is 16.5. The molecular weight excluding hydrogens is 296 g/mol. The molecule has 0 saturated heterocycles. The SMILES string of the molecule is Cc1cc(C(=O)N[C@@H]2CCC[C@@H](Oc3ccccc3)[C@@H]2O)no1. The lowest BCUT2D eigenvalue weighted by Gasteiger charge is -2.35. The van der Waals surface area contributed by atoms with Gasteiger partial charge in [-0.2, -0.15) is 0 Å². The number of nitrogens with one attached hydrogen (secondary N) is 1. The molecule has 1 aliphatic rings. The van der Waals surface area contributed by atoms with Crippen molar-refractivity contribution < 1.29 is 19.2 Å². The van der Waals surface area contributed by atoms with Gasteiger partial charge in [-0.3, -0.25) is 4.79 Å². The van der Waals surface area contributed by atoms with Crippen LogP contribution in [-0.2, 0) is 0 Å². The Hall–Kier alpha value is -2.34. The highest BCUT2D eigenvalue weighted by Gasteiger charge is 2.34. The predicted molar refractivity (Wildman–Crippen MR) is 83.2 cm³/mol. The maximum atomic E-state index is 12.2. The van der Waals surface area contributed by atoms with E-state index in [-0.39, 0.29) is 23.7 Å². The number of carbonyl (C=O) groups excluding carboxylic acids is 1. The van der Waals surface area contributed by atoms with Gasteiger partial charge in [0.15, 0.2) is 5.69 Å². The molecule has 2 aromatic rings. The van der Waals surface area contributed by atoms with Crippen LogP contribution < -0.4 is 10.1 Å². The van der Waals surface area contributed by atoms with Crippen LogP contribution in [0.5, 0.6) is 5.75 Å². The van der Waals surface area contributed by atoms with Gasteiger partial charge in [-0.1, -0.05) is 23.4 Å². The van der Waals surface area contributed by atoms with Crippen molar-refractivity contribution in [2.75, 3.05) is 0 Å². The van der Waals surface area contributed by atoms with E-state index in [1.54, 1.807) is 13.0 Å². The second kappa shape index (κ2) is 6.83. The molecule has 1 amide bonds. The summed E-state index contributed by atoms with van der Waals surface area (Å²) in [5.74, 6) is 0.951. The zero-order chi connectivity index (χ0) is 16.2. The van der Waals surface area contributed by atoms with Gasteiger partial charge in [0, 0.05) is 6.07 Å². The first-order chi connectivity index (χ1) is 11.1. The average molecular weight is 316 g/mol. The van der Waals surface area contributed by atoms with Gasteiger partial charge in [-0.25, -0.2) is 0 Å². The standard InChI is InChI=1S/C17H20N2O4/c1-11-10-14(19-23-11)17(21)18-13-8-5-9-15(16(13)20)22-12-6-3-2-4-7-12/h2-4,6-7,10,13,15-16,20H,5,8-9H2,1H3,(H,18,21)/t13-,15-,16-/m1/s1. The molecule has 1 fully saturated rings. The first-order valence-electron chi connectivity index (χ1n) is 7.77. The van der Waals surface area contributed by atoms with Crippen molar-refractivity contribution in [1.29, 1.82) is 0 Å². The third-order valence-corrected chi connectivity index (χ3v) is 4.00. The minimum atomic E-state index is -0.763. The molecule has 1 heterocycles. The fraction of sp³-hybridized carbons (Fsp3) is 0.412. The molecule has 1 aromatic carbocycles. The van der Waals surface area contributed by atoms with Gasteiger partial charge in [-0.05, 0) is 38.3 Å². The molecular formula is C17H20N2O4. The maximum absolute atomic E-state index is 12.2. The van der Waals surface area contributed by atoms with Crippen LogP contribution in [0.15, 0.2) is 40.9 Å². The zero-order valence-corrected chi connectivity index (χ0v) is 12.9. The molecule has 0 radical (unpaired) electrons. The average Bonchev–Trinajstić information content (AvgIpc) is 2.99. The molecule has 2 N–H and O–H groups in total. The number of amides is 1. The number of carbonyl (C=O) groups is 1. The van der Waals surface area contributed by atoms with E-state index < -0.39 is 6.10 Å². The van der Waals surface area contributed by atoms with E-state index >= 15 is 0 Å². The Labute approximate surface area is 134 Å². The second-order valence-corrected chi connectivity index (χ2v) is 5.79. The first-order valence-corrected chi connectivity index (χ1v) is 7.77. The van der Waals surface area contributed by atoms with Crippen molar-refractivity contribution in [3.05, 3.63) is 47.9 Å². The third-order valence-electron chi connectivity index (χ3n) is 4.00. The summed E-state index contributed by atoms with van der Waals surface area (Å²) in [5.41, 5.74) is 0.223. The Balaban J connectivity index is 1.63. The third kappa shape index (κ3) is 3.71. The van der Waals surface area contributed by atoms with Crippen molar-refractivity contribution >= 4 is 5.91 Å². The van der Waals surface area contributed by atoms with Gasteiger partial charge in [-0.15, -0.1) is 0 Å². The summed E-state index contributed by atoms with van der Waals surface area (Å²) in [6.45, 7) is 1.73. The molecule has 1 aromatic heterocycles. The lowest BCUT2D eigenvalue weighted by Crippen LogP contribution is -2.52. The number of ether oxygens (including phenoxy) is 1. The van der Waals surface area contributed by atoms with Crippen LogP contribution in [0.3, 0.4) is 0 Å². The molecule has 1 saturated carbocycles. The van der Waals surface area contributed by atoms with E-state index in [0.29, 0.717) is 12.2 Å². The number of para-hydroxylation sites is 1. The Bertz CT molecular complexity index is 656. The first kappa shape index (κ1) is 15.6. The Morgan fingerprint density at radius 1 is 1.35 bits per heavy atom. The van der Waals surface area contributed by atoms with E-state index in [4.69, 9.17) is 9.26 Å². The van der Waals surface area contributed by atoms with Gasteiger partial charge in [0.25, 0.3) is 5.91 Å². The molecule has 0 spiro atoms. The van der Waals surface area contributed by atoms with Crippen LogP contribution in [0.25, 0.3) is 0 Å². The molecule has 6 nitrogen and oxygen atoms in total. The van der Waals surface area contributed by atoms with Gasteiger partial charge < -0.3 is 19.7 Å². The minimum absolute atomic E-state index is 0.223.